The SMILES string of the molecule is COC(=O)/C(F)=C/C(C)c1ccccc1. The van der Waals surface area contributed by atoms with Crippen molar-refractivity contribution in [3.8, 4) is 0 Å². The van der Waals surface area contributed by atoms with Crippen LogP contribution in [0.1, 0.15) is 18.4 Å². The molecule has 0 aliphatic heterocycles. The first-order valence-electron chi connectivity index (χ1n) is 4.65. The molecule has 0 spiro atoms. The number of rotatable bonds is 3. The van der Waals surface area contributed by atoms with E-state index in [1.54, 1.807) is 0 Å². The highest BCUT2D eigenvalue weighted by atomic mass is 19.1. The Morgan fingerprint density at radius 3 is 2.53 bits per heavy atom. The number of carbonyl (C=O) groups is 1. The van der Waals surface area contributed by atoms with Crippen LogP contribution >= 0.6 is 0 Å². The van der Waals surface area contributed by atoms with Crippen LogP contribution in [0.3, 0.4) is 0 Å². The lowest BCUT2D eigenvalue weighted by atomic mass is 10.0. The average molecular weight is 208 g/mol. The monoisotopic (exact) mass is 208 g/mol. The molecule has 0 radical (unpaired) electrons. The van der Waals surface area contributed by atoms with Gasteiger partial charge in [-0.15, -0.1) is 0 Å². The summed E-state index contributed by atoms with van der Waals surface area (Å²) in [5, 5.41) is 0. The molecule has 0 saturated heterocycles. The number of benzene rings is 1. The summed E-state index contributed by atoms with van der Waals surface area (Å²) in [4.78, 5) is 10.8. The number of allylic oxidation sites excluding steroid dienone is 1. The second-order valence-electron chi connectivity index (χ2n) is 3.21. The molecule has 1 aromatic carbocycles. The largest absolute Gasteiger partial charge is 0.464 e. The fourth-order valence-corrected chi connectivity index (χ4v) is 1.24. The van der Waals surface area contributed by atoms with E-state index >= 15 is 0 Å². The summed E-state index contributed by atoms with van der Waals surface area (Å²) < 4.78 is 17.4. The molecule has 0 amide bonds. The van der Waals surface area contributed by atoms with Crippen LogP contribution in [0.4, 0.5) is 4.39 Å². The van der Waals surface area contributed by atoms with Gasteiger partial charge in [-0.3, -0.25) is 0 Å². The Bertz CT molecular complexity index is 357. The molecule has 0 N–H and O–H groups in total. The lowest BCUT2D eigenvalue weighted by molar-refractivity contribution is -0.137. The van der Waals surface area contributed by atoms with Gasteiger partial charge in [0.15, 0.2) is 0 Å². The molecule has 3 heteroatoms. The zero-order chi connectivity index (χ0) is 11.3. The maximum Gasteiger partial charge on any atom is 0.366 e. The summed E-state index contributed by atoms with van der Waals surface area (Å²) in [6, 6.07) is 9.39. The Kier molecular flexibility index (Phi) is 4.03. The number of esters is 1. The number of methoxy groups -OCH3 is 1. The van der Waals surface area contributed by atoms with Gasteiger partial charge in [0.05, 0.1) is 7.11 Å². The maximum absolute atomic E-state index is 13.1. The molecule has 0 aromatic heterocycles. The highest BCUT2D eigenvalue weighted by Gasteiger charge is 2.11. The van der Waals surface area contributed by atoms with Crippen LogP contribution in [0.5, 0.6) is 0 Å². The van der Waals surface area contributed by atoms with E-state index in [2.05, 4.69) is 4.74 Å². The Balaban J connectivity index is 2.79. The van der Waals surface area contributed by atoms with Gasteiger partial charge in [0.1, 0.15) is 0 Å². The zero-order valence-electron chi connectivity index (χ0n) is 8.74. The van der Waals surface area contributed by atoms with Crippen molar-refractivity contribution in [2.45, 2.75) is 12.8 Å². The molecular formula is C12H13FO2. The van der Waals surface area contributed by atoms with Crippen LogP contribution in [0.15, 0.2) is 42.2 Å². The molecule has 0 saturated carbocycles. The second kappa shape index (κ2) is 5.29. The fraction of sp³-hybridized carbons (Fsp3) is 0.250. The van der Waals surface area contributed by atoms with Gasteiger partial charge in [-0.25, -0.2) is 4.79 Å². The third-order valence-corrected chi connectivity index (χ3v) is 2.10. The molecule has 0 fully saturated rings. The topological polar surface area (TPSA) is 26.3 Å². The van der Waals surface area contributed by atoms with E-state index in [-0.39, 0.29) is 5.92 Å². The van der Waals surface area contributed by atoms with E-state index in [0.29, 0.717) is 0 Å². The van der Waals surface area contributed by atoms with Crippen molar-refractivity contribution < 1.29 is 13.9 Å². The third kappa shape index (κ3) is 3.20. The molecule has 1 aromatic rings. The molecule has 2 nitrogen and oxygen atoms in total. The highest BCUT2D eigenvalue weighted by Crippen LogP contribution is 2.18. The predicted octanol–water partition coefficient (Wildman–Crippen LogP) is 2.82. The number of ether oxygens (including phenoxy) is 1. The summed E-state index contributed by atoms with van der Waals surface area (Å²) in [6.45, 7) is 1.82. The van der Waals surface area contributed by atoms with Crippen molar-refractivity contribution in [2.75, 3.05) is 7.11 Å². The first kappa shape index (κ1) is 11.4. The van der Waals surface area contributed by atoms with Crippen LogP contribution in [-0.4, -0.2) is 13.1 Å². The lowest BCUT2D eigenvalue weighted by Gasteiger charge is -2.06. The Morgan fingerprint density at radius 1 is 1.40 bits per heavy atom. The summed E-state index contributed by atoms with van der Waals surface area (Å²) in [5.41, 5.74) is 0.955. The summed E-state index contributed by atoms with van der Waals surface area (Å²) in [7, 11) is 1.16. The second-order valence-corrected chi connectivity index (χ2v) is 3.21. The molecule has 0 aliphatic rings. The molecule has 0 heterocycles. The number of hydrogen-bond donors (Lipinski definition) is 0. The highest BCUT2D eigenvalue weighted by molar-refractivity contribution is 5.85. The first-order chi connectivity index (χ1) is 7.15. The van der Waals surface area contributed by atoms with Crippen LogP contribution in [-0.2, 0) is 9.53 Å². The van der Waals surface area contributed by atoms with E-state index in [1.807, 2.05) is 37.3 Å². The standard InChI is InChI=1S/C12H13FO2/c1-9(8-11(13)12(14)15-2)10-6-4-3-5-7-10/h3-9H,1-2H3/b11-8-. The van der Waals surface area contributed by atoms with Crippen LogP contribution in [0, 0.1) is 0 Å². The van der Waals surface area contributed by atoms with Crippen molar-refractivity contribution in [3.05, 3.63) is 47.8 Å². The van der Waals surface area contributed by atoms with Gasteiger partial charge < -0.3 is 4.74 Å². The Hall–Kier alpha value is -1.64. The lowest BCUT2D eigenvalue weighted by Crippen LogP contribution is -2.02. The molecule has 0 bridgehead atoms. The predicted molar refractivity (Wildman–Crippen MR) is 56.1 cm³/mol. The minimum absolute atomic E-state index is 0.148. The molecule has 15 heavy (non-hydrogen) atoms. The Morgan fingerprint density at radius 2 is 2.00 bits per heavy atom. The summed E-state index contributed by atoms with van der Waals surface area (Å²) in [6.07, 6.45) is 1.25. The van der Waals surface area contributed by atoms with E-state index in [1.165, 1.54) is 6.08 Å². The van der Waals surface area contributed by atoms with E-state index in [0.717, 1.165) is 12.7 Å². The smallest absolute Gasteiger partial charge is 0.366 e. The van der Waals surface area contributed by atoms with Crippen molar-refractivity contribution in [1.82, 2.24) is 0 Å². The van der Waals surface area contributed by atoms with Crippen LogP contribution in [0.25, 0.3) is 0 Å². The summed E-state index contributed by atoms with van der Waals surface area (Å²) >= 11 is 0. The molecule has 1 unspecified atom stereocenters. The first-order valence-corrected chi connectivity index (χ1v) is 4.65. The molecular weight excluding hydrogens is 195 g/mol. The van der Waals surface area contributed by atoms with Gasteiger partial charge in [-0.2, -0.15) is 4.39 Å². The van der Waals surface area contributed by atoms with Crippen molar-refractivity contribution in [3.63, 3.8) is 0 Å². The van der Waals surface area contributed by atoms with Gasteiger partial charge in [0.2, 0.25) is 5.83 Å². The molecule has 1 rings (SSSR count). The molecule has 80 valence electrons. The number of halogens is 1. The average Bonchev–Trinajstić information content (AvgIpc) is 2.29. The summed E-state index contributed by atoms with van der Waals surface area (Å²) in [5.74, 6) is -1.93. The van der Waals surface area contributed by atoms with E-state index in [4.69, 9.17) is 0 Å². The molecule has 0 aliphatic carbocycles. The Labute approximate surface area is 88.4 Å². The van der Waals surface area contributed by atoms with Gasteiger partial charge >= 0.3 is 5.97 Å². The van der Waals surface area contributed by atoms with E-state index in [9.17, 15) is 9.18 Å². The van der Waals surface area contributed by atoms with Gasteiger partial charge in [0.25, 0.3) is 0 Å². The third-order valence-electron chi connectivity index (χ3n) is 2.10. The van der Waals surface area contributed by atoms with Crippen molar-refractivity contribution in [1.29, 1.82) is 0 Å². The normalized spacial score (nSPS) is 13.4. The van der Waals surface area contributed by atoms with Crippen LogP contribution < -0.4 is 0 Å². The van der Waals surface area contributed by atoms with Gasteiger partial charge in [-0.1, -0.05) is 37.3 Å². The maximum atomic E-state index is 13.1. The minimum atomic E-state index is -0.933. The quantitative estimate of drug-likeness (QED) is 0.564. The van der Waals surface area contributed by atoms with Crippen LogP contribution in [0.2, 0.25) is 0 Å². The van der Waals surface area contributed by atoms with E-state index < -0.39 is 11.8 Å². The number of hydrogen-bond acceptors (Lipinski definition) is 2. The van der Waals surface area contributed by atoms with Crippen molar-refractivity contribution in [2.24, 2.45) is 0 Å². The number of carbonyl (C=O) groups excluding carboxylic acids is 1. The van der Waals surface area contributed by atoms with Gasteiger partial charge in [-0.05, 0) is 11.6 Å². The fourth-order valence-electron chi connectivity index (χ4n) is 1.24. The van der Waals surface area contributed by atoms with Gasteiger partial charge in [0, 0.05) is 5.92 Å². The minimum Gasteiger partial charge on any atom is -0.464 e. The van der Waals surface area contributed by atoms with Crippen molar-refractivity contribution >= 4 is 5.97 Å². The zero-order valence-corrected chi connectivity index (χ0v) is 8.74. The molecule has 1 atom stereocenters.